The van der Waals surface area contributed by atoms with E-state index in [-0.39, 0.29) is 23.8 Å². The van der Waals surface area contributed by atoms with Gasteiger partial charge in [-0.1, -0.05) is 48.7 Å². The molecule has 1 amide bonds. The number of rotatable bonds is 8. The highest BCUT2D eigenvalue weighted by atomic mass is 35.5. The quantitative estimate of drug-likeness (QED) is 0.173. The highest BCUT2D eigenvalue weighted by Crippen LogP contribution is 2.48. The van der Waals surface area contributed by atoms with Crippen LogP contribution in [0.3, 0.4) is 0 Å². The van der Waals surface area contributed by atoms with Crippen LogP contribution in [0.1, 0.15) is 42.0 Å². The fourth-order valence-corrected chi connectivity index (χ4v) is 6.32. The minimum absolute atomic E-state index is 0.0718. The van der Waals surface area contributed by atoms with Gasteiger partial charge >= 0.3 is 0 Å². The smallest absolute Gasteiger partial charge is 0.248 e. The Kier molecular flexibility index (Phi) is 7.29. The highest BCUT2D eigenvalue weighted by Gasteiger charge is 2.53. The largest absolute Gasteiger partial charge is 0.489 e. The summed E-state index contributed by atoms with van der Waals surface area (Å²) >= 11 is 12.5. The number of thiol groups is 1. The van der Waals surface area contributed by atoms with E-state index in [1.807, 2.05) is 16.8 Å². The van der Waals surface area contributed by atoms with Gasteiger partial charge < -0.3 is 9.47 Å². The van der Waals surface area contributed by atoms with E-state index in [0.717, 1.165) is 12.8 Å². The van der Waals surface area contributed by atoms with Crippen LogP contribution in [0.5, 0.6) is 17.4 Å². The molecular formula is C30H24ClFN2O4S2. The highest BCUT2D eigenvalue weighted by molar-refractivity contribution is 7.78. The molecule has 0 bridgehead atoms. The molecule has 10 heteroatoms. The molecule has 2 aromatic carbocycles. The van der Waals surface area contributed by atoms with Gasteiger partial charge in [-0.2, -0.15) is 11.3 Å². The summed E-state index contributed by atoms with van der Waals surface area (Å²) < 4.78 is 27.2. The van der Waals surface area contributed by atoms with Crippen molar-refractivity contribution in [3.8, 4) is 17.4 Å². The Morgan fingerprint density at radius 1 is 1.07 bits per heavy atom. The van der Waals surface area contributed by atoms with Gasteiger partial charge in [0, 0.05) is 23.6 Å². The van der Waals surface area contributed by atoms with Gasteiger partial charge in [-0.05, 0) is 71.0 Å². The number of pyridine rings is 1. The van der Waals surface area contributed by atoms with E-state index in [9.17, 15) is 14.0 Å². The number of halogens is 2. The molecule has 6 nitrogen and oxygen atoms in total. The Bertz CT molecular complexity index is 1580. The predicted octanol–water partition coefficient (Wildman–Crippen LogP) is 7.19. The number of piperidine rings is 1. The molecule has 1 saturated heterocycles. The summed E-state index contributed by atoms with van der Waals surface area (Å²) in [5.74, 6) is -1.04. The molecule has 2 fully saturated rings. The zero-order valence-electron chi connectivity index (χ0n) is 21.1. The minimum Gasteiger partial charge on any atom is -0.489 e. The zero-order valence-corrected chi connectivity index (χ0v) is 23.6. The maximum atomic E-state index is 14.0. The van der Waals surface area contributed by atoms with Crippen LogP contribution in [0.15, 0.2) is 77.5 Å². The zero-order chi connectivity index (χ0) is 27.9. The van der Waals surface area contributed by atoms with Crippen LogP contribution >= 0.6 is 35.8 Å². The number of Topliss-reactive ketones (excluding diaryl/α,β-unsaturated/α-hetero) is 1. The molecule has 6 rings (SSSR count). The third-order valence-corrected chi connectivity index (χ3v) is 8.79. The first-order valence-electron chi connectivity index (χ1n) is 12.8. The fraction of sp³-hybridized carbons (Fsp3) is 0.233. The SMILES string of the molecule is O=C1CC(c2ccsc2)(c2cccc(Oc3ccc(F)cc3OCC3CC3)n2)N(S)C(=O)C1c1ccccc1Cl. The first kappa shape index (κ1) is 26.8. The molecule has 40 heavy (non-hydrogen) atoms. The van der Waals surface area contributed by atoms with E-state index in [0.29, 0.717) is 40.1 Å². The van der Waals surface area contributed by atoms with Crippen molar-refractivity contribution in [2.45, 2.75) is 30.7 Å². The first-order valence-corrected chi connectivity index (χ1v) is 14.5. The summed E-state index contributed by atoms with van der Waals surface area (Å²) in [5.41, 5.74) is 0.256. The van der Waals surface area contributed by atoms with Crippen LogP contribution < -0.4 is 9.47 Å². The van der Waals surface area contributed by atoms with Crippen molar-refractivity contribution in [3.63, 3.8) is 0 Å². The summed E-state index contributed by atoms with van der Waals surface area (Å²) in [5, 5.41) is 4.08. The van der Waals surface area contributed by atoms with Gasteiger partial charge in [0.15, 0.2) is 17.3 Å². The lowest BCUT2D eigenvalue weighted by atomic mass is 9.75. The number of carbonyl (C=O) groups is 2. The second kappa shape index (κ2) is 10.9. The number of ketones is 1. The van der Waals surface area contributed by atoms with Crippen LogP contribution in [0.4, 0.5) is 4.39 Å². The number of carbonyl (C=O) groups excluding carboxylic acids is 2. The van der Waals surface area contributed by atoms with Crippen LogP contribution in [0, 0.1) is 11.7 Å². The summed E-state index contributed by atoms with van der Waals surface area (Å²) in [7, 11) is 0. The lowest BCUT2D eigenvalue weighted by Gasteiger charge is -2.45. The Hall–Kier alpha value is -3.40. The van der Waals surface area contributed by atoms with Gasteiger partial charge in [0.25, 0.3) is 0 Å². The summed E-state index contributed by atoms with van der Waals surface area (Å²) in [6.45, 7) is 0.486. The predicted molar refractivity (Wildman–Crippen MR) is 154 cm³/mol. The van der Waals surface area contributed by atoms with Gasteiger partial charge in [-0.3, -0.25) is 13.9 Å². The molecule has 0 radical (unpaired) electrons. The number of ether oxygens (including phenoxy) is 2. The lowest BCUT2D eigenvalue weighted by molar-refractivity contribution is -0.142. The van der Waals surface area contributed by atoms with E-state index in [1.165, 1.54) is 33.8 Å². The number of hydrogen-bond donors (Lipinski definition) is 1. The van der Waals surface area contributed by atoms with E-state index < -0.39 is 23.2 Å². The summed E-state index contributed by atoms with van der Waals surface area (Å²) in [6.07, 6.45) is 2.11. The van der Waals surface area contributed by atoms with E-state index in [4.69, 9.17) is 26.1 Å². The summed E-state index contributed by atoms with van der Waals surface area (Å²) in [4.78, 5) is 32.3. The Balaban J connectivity index is 1.37. The molecule has 0 spiro atoms. The maximum Gasteiger partial charge on any atom is 0.248 e. The molecule has 1 aliphatic carbocycles. The minimum atomic E-state index is -1.29. The van der Waals surface area contributed by atoms with E-state index in [2.05, 4.69) is 12.8 Å². The molecule has 2 aromatic heterocycles. The first-order chi connectivity index (χ1) is 19.4. The van der Waals surface area contributed by atoms with Crippen LogP contribution in [0.25, 0.3) is 0 Å². The van der Waals surface area contributed by atoms with Crippen molar-refractivity contribution in [3.05, 3.63) is 105 Å². The van der Waals surface area contributed by atoms with Crippen molar-refractivity contribution < 1.29 is 23.5 Å². The average Bonchev–Trinajstić information content (AvgIpc) is 3.62. The van der Waals surface area contributed by atoms with Crippen molar-refractivity contribution in [2.24, 2.45) is 5.92 Å². The van der Waals surface area contributed by atoms with Crippen molar-refractivity contribution in [1.82, 2.24) is 9.29 Å². The topological polar surface area (TPSA) is 68.7 Å². The monoisotopic (exact) mass is 594 g/mol. The normalized spacial score (nSPS) is 21.0. The molecular weight excluding hydrogens is 571 g/mol. The van der Waals surface area contributed by atoms with Gasteiger partial charge in [-0.25, -0.2) is 9.37 Å². The molecule has 2 unspecified atom stereocenters. The summed E-state index contributed by atoms with van der Waals surface area (Å²) in [6, 6.07) is 17.9. The van der Waals surface area contributed by atoms with Gasteiger partial charge in [0.1, 0.15) is 17.3 Å². The number of nitrogens with zero attached hydrogens (tertiary/aromatic N) is 2. The second-order valence-electron chi connectivity index (χ2n) is 9.93. The van der Waals surface area contributed by atoms with Gasteiger partial charge in [-0.15, -0.1) is 0 Å². The number of benzene rings is 2. The maximum absolute atomic E-state index is 14.0. The van der Waals surface area contributed by atoms with Crippen molar-refractivity contribution in [2.75, 3.05) is 6.61 Å². The molecule has 2 aliphatic rings. The average molecular weight is 595 g/mol. The van der Waals surface area contributed by atoms with E-state index in [1.54, 1.807) is 42.5 Å². The Morgan fingerprint density at radius 2 is 1.90 bits per heavy atom. The standard InChI is InChI=1S/C30H24ClFN2O4S2/c31-22-5-2-1-4-21(22)28-23(35)15-30(34(39)29(28)36,19-12-13-40-17-19)26-6-3-7-27(33-26)38-24-11-10-20(32)14-25(24)37-16-18-8-9-18/h1-7,10-14,17-18,28,39H,8-9,15-16H2. The Labute approximate surface area is 245 Å². The second-order valence-corrected chi connectivity index (χ2v) is 11.5. The molecule has 4 aromatic rings. The molecule has 2 atom stereocenters. The third-order valence-electron chi connectivity index (χ3n) is 7.22. The number of amides is 1. The lowest BCUT2D eigenvalue weighted by Crippen LogP contribution is -2.54. The van der Waals surface area contributed by atoms with Crippen LogP contribution in [-0.4, -0.2) is 27.6 Å². The van der Waals surface area contributed by atoms with Crippen molar-refractivity contribution in [1.29, 1.82) is 0 Å². The molecule has 0 N–H and O–H groups in total. The van der Waals surface area contributed by atoms with Crippen molar-refractivity contribution >= 4 is 47.4 Å². The van der Waals surface area contributed by atoms with E-state index >= 15 is 0 Å². The van der Waals surface area contributed by atoms with Gasteiger partial charge in [0.2, 0.25) is 11.8 Å². The van der Waals surface area contributed by atoms with Gasteiger partial charge in [0.05, 0.1) is 12.3 Å². The molecule has 1 aliphatic heterocycles. The number of hydrogen-bond acceptors (Lipinski definition) is 7. The fourth-order valence-electron chi connectivity index (χ4n) is 4.95. The molecule has 1 saturated carbocycles. The van der Waals surface area contributed by atoms with Crippen LogP contribution in [0.2, 0.25) is 5.02 Å². The molecule has 204 valence electrons. The molecule has 3 heterocycles. The van der Waals surface area contributed by atoms with Crippen LogP contribution in [-0.2, 0) is 15.1 Å². The Morgan fingerprint density at radius 3 is 2.65 bits per heavy atom. The third kappa shape index (κ3) is 4.98. The number of aromatic nitrogens is 1. The number of thiophene rings is 1.